The molecule has 1 atom stereocenters. The summed E-state index contributed by atoms with van der Waals surface area (Å²) < 4.78 is 47.1. The first-order valence-corrected chi connectivity index (χ1v) is 11.1. The number of nitrogens with one attached hydrogen (secondary N) is 2. The summed E-state index contributed by atoms with van der Waals surface area (Å²) in [6.07, 6.45) is 3.31. The van der Waals surface area contributed by atoms with E-state index in [2.05, 4.69) is 15.0 Å². The van der Waals surface area contributed by atoms with E-state index in [4.69, 9.17) is 14.2 Å². The number of methoxy groups -OCH3 is 2. The number of hydrogen-bond acceptors (Lipinski definition) is 7. The molecule has 0 aliphatic carbocycles. The molecule has 0 saturated carbocycles. The average molecular weight is 458 g/mol. The summed E-state index contributed by atoms with van der Waals surface area (Å²) in [7, 11) is 0.770. The Morgan fingerprint density at radius 3 is 2.50 bits per heavy atom. The zero-order chi connectivity index (χ0) is 22.9. The number of aryl methyl sites for hydroxylation is 1. The van der Waals surface area contributed by atoms with Crippen molar-refractivity contribution in [1.82, 2.24) is 14.3 Å². The second-order valence-corrected chi connectivity index (χ2v) is 8.81. The fourth-order valence-electron chi connectivity index (χ4n) is 3.37. The van der Waals surface area contributed by atoms with Gasteiger partial charge in [-0.1, -0.05) is 0 Å². The second kappa shape index (κ2) is 8.52. The maximum absolute atomic E-state index is 13.3. The van der Waals surface area contributed by atoms with Crippen LogP contribution in [0.5, 0.6) is 17.2 Å². The molecule has 2 N–H and O–H groups in total. The van der Waals surface area contributed by atoms with E-state index in [-0.39, 0.29) is 17.4 Å². The van der Waals surface area contributed by atoms with Crippen molar-refractivity contribution in [3.8, 4) is 17.2 Å². The molecule has 4 rings (SSSR count). The summed E-state index contributed by atoms with van der Waals surface area (Å²) in [5, 5.41) is 2.62. The van der Waals surface area contributed by atoms with Gasteiger partial charge in [0.25, 0.3) is 5.91 Å². The van der Waals surface area contributed by atoms with Crippen LogP contribution in [0.3, 0.4) is 0 Å². The topological polar surface area (TPSA) is 121 Å². The summed E-state index contributed by atoms with van der Waals surface area (Å²) in [4.78, 5) is 15.9. The van der Waals surface area contributed by atoms with Crippen molar-refractivity contribution in [2.45, 2.75) is 10.9 Å². The van der Waals surface area contributed by atoms with Gasteiger partial charge in [-0.15, -0.1) is 0 Å². The van der Waals surface area contributed by atoms with Gasteiger partial charge >= 0.3 is 0 Å². The number of fused-ring (bicyclic) bond motifs is 1. The van der Waals surface area contributed by atoms with Gasteiger partial charge in [0.05, 0.1) is 24.8 Å². The monoisotopic (exact) mass is 458 g/mol. The number of aromatic nitrogens is 2. The molecule has 11 heteroatoms. The van der Waals surface area contributed by atoms with Crippen LogP contribution >= 0.6 is 0 Å². The first-order valence-electron chi connectivity index (χ1n) is 9.60. The molecule has 168 valence electrons. The molecule has 10 nitrogen and oxygen atoms in total. The van der Waals surface area contributed by atoms with E-state index >= 15 is 0 Å². The molecule has 32 heavy (non-hydrogen) atoms. The van der Waals surface area contributed by atoms with Crippen LogP contribution in [0.15, 0.2) is 53.7 Å². The first-order chi connectivity index (χ1) is 15.3. The van der Waals surface area contributed by atoms with Crippen molar-refractivity contribution < 1.29 is 27.4 Å². The van der Waals surface area contributed by atoms with Crippen molar-refractivity contribution in [3.05, 3.63) is 60.2 Å². The molecule has 0 bridgehead atoms. The Balaban J connectivity index is 1.76. The lowest BCUT2D eigenvalue weighted by Gasteiger charge is -2.22. The number of hydrogen-bond donors (Lipinski definition) is 2. The van der Waals surface area contributed by atoms with E-state index in [0.29, 0.717) is 34.3 Å². The molecule has 1 aromatic heterocycles. The van der Waals surface area contributed by atoms with Crippen LogP contribution in [-0.2, 0) is 21.9 Å². The van der Waals surface area contributed by atoms with Gasteiger partial charge < -0.3 is 24.1 Å². The number of benzene rings is 2. The van der Waals surface area contributed by atoms with Crippen LogP contribution in [-0.4, -0.2) is 44.7 Å². The predicted molar refractivity (Wildman–Crippen MR) is 115 cm³/mol. The van der Waals surface area contributed by atoms with Gasteiger partial charge in [0.2, 0.25) is 10.0 Å². The molecular formula is C21H22N4O6S. The largest absolute Gasteiger partial charge is 0.497 e. The molecule has 0 radical (unpaired) electrons. The molecule has 1 amide bonds. The van der Waals surface area contributed by atoms with E-state index in [9.17, 15) is 13.2 Å². The minimum atomic E-state index is -4.03. The number of nitrogens with zero attached hydrogens (tertiary/aromatic N) is 2. The summed E-state index contributed by atoms with van der Waals surface area (Å²) in [6.45, 7) is -0.115. The van der Waals surface area contributed by atoms with E-state index in [1.54, 1.807) is 42.2 Å². The number of sulfonamides is 1. The number of anilines is 1. The summed E-state index contributed by atoms with van der Waals surface area (Å²) in [6, 6.07) is 8.56. The first kappa shape index (κ1) is 21.7. The number of carbonyl (C=O) groups excluding carboxylic acids is 1. The van der Waals surface area contributed by atoms with Crippen LogP contribution in [0.1, 0.15) is 17.4 Å². The molecule has 0 fully saturated rings. The van der Waals surface area contributed by atoms with Crippen LogP contribution in [0.2, 0.25) is 0 Å². The number of imidazole rings is 1. The highest BCUT2D eigenvalue weighted by Gasteiger charge is 2.28. The van der Waals surface area contributed by atoms with Crippen molar-refractivity contribution >= 4 is 21.6 Å². The fraction of sp³-hybridized carbons (Fsp3) is 0.238. The predicted octanol–water partition coefficient (Wildman–Crippen LogP) is 1.84. The average Bonchev–Trinajstić information content (AvgIpc) is 3.22. The molecule has 1 aliphatic rings. The van der Waals surface area contributed by atoms with Crippen molar-refractivity contribution in [2.75, 3.05) is 26.1 Å². The van der Waals surface area contributed by atoms with Gasteiger partial charge in [-0.05, 0) is 35.9 Å². The zero-order valence-electron chi connectivity index (χ0n) is 17.7. The molecule has 0 spiro atoms. The lowest BCUT2D eigenvalue weighted by atomic mass is 10.1. The van der Waals surface area contributed by atoms with Crippen LogP contribution in [0, 0.1) is 0 Å². The Labute approximate surface area is 185 Å². The highest BCUT2D eigenvalue weighted by molar-refractivity contribution is 7.89. The lowest BCUT2D eigenvalue weighted by molar-refractivity contribution is -0.118. The van der Waals surface area contributed by atoms with Gasteiger partial charge in [0.1, 0.15) is 29.1 Å². The molecule has 1 aliphatic heterocycles. The minimum absolute atomic E-state index is 0.0314. The quantitative estimate of drug-likeness (QED) is 0.554. The number of rotatable bonds is 7. The van der Waals surface area contributed by atoms with E-state index in [0.717, 1.165) is 0 Å². The Morgan fingerprint density at radius 2 is 1.88 bits per heavy atom. The van der Waals surface area contributed by atoms with E-state index in [1.807, 2.05) is 0 Å². The molecule has 0 unspecified atom stereocenters. The molecule has 0 saturated heterocycles. The normalized spacial score (nSPS) is 14.2. The Morgan fingerprint density at radius 1 is 1.16 bits per heavy atom. The Bertz CT molecular complexity index is 1250. The minimum Gasteiger partial charge on any atom is -0.497 e. The number of amides is 1. The molecule has 2 aromatic carbocycles. The van der Waals surface area contributed by atoms with E-state index in [1.165, 1.54) is 32.4 Å². The third-order valence-corrected chi connectivity index (χ3v) is 6.41. The SMILES string of the molecule is COc1cc(OC)cc([C@H](NS(=O)(=O)c2ccc3c(c2)NC(=O)CO3)c2nccn2C)c1. The third-order valence-electron chi connectivity index (χ3n) is 4.99. The summed E-state index contributed by atoms with van der Waals surface area (Å²) in [5.41, 5.74) is 0.870. The molecule has 3 aromatic rings. The summed E-state index contributed by atoms with van der Waals surface area (Å²) >= 11 is 0. The van der Waals surface area contributed by atoms with Crippen molar-refractivity contribution in [3.63, 3.8) is 0 Å². The third kappa shape index (κ3) is 4.25. The van der Waals surface area contributed by atoms with Gasteiger partial charge in [0.15, 0.2) is 6.61 Å². The lowest BCUT2D eigenvalue weighted by Crippen LogP contribution is -2.31. The van der Waals surface area contributed by atoms with Crippen LogP contribution in [0.4, 0.5) is 5.69 Å². The number of ether oxygens (including phenoxy) is 3. The highest BCUT2D eigenvalue weighted by Crippen LogP contribution is 2.33. The van der Waals surface area contributed by atoms with E-state index < -0.39 is 16.1 Å². The fourth-order valence-corrected chi connectivity index (χ4v) is 4.58. The number of carbonyl (C=O) groups is 1. The molecule has 2 heterocycles. The van der Waals surface area contributed by atoms with Crippen LogP contribution in [0.25, 0.3) is 0 Å². The highest BCUT2D eigenvalue weighted by atomic mass is 32.2. The Hall–Kier alpha value is -3.57. The Kier molecular flexibility index (Phi) is 5.76. The summed E-state index contributed by atoms with van der Waals surface area (Å²) in [5.74, 6) is 1.53. The van der Waals surface area contributed by atoms with Gasteiger partial charge in [-0.25, -0.2) is 13.4 Å². The van der Waals surface area contributed by atoms with Crippen molar-refractivity contribution in [1.29, 1.82) is 0 Å². The second-order valence-electron chi connectivity index (χ2n) is 7.09. The van der Waals surface area contributed by atoms with Gasteiger partial charge in [0, 0.05) is 25.5 Å². The standard InChI is InChI=1S/C21H22N4O6S/c1-25-7-6-22-21(25)20(13-8-14(29-2)10-15(9-13)30-3)24-32(27,28)16-4-5-18-17(11-16)23-19(26)12-31-18/h4-11,20,24H,12H2,1-3H3,(H,23,26)/t20-/m0/s1. The van der Waals surface area contributed by atoms with Crippen LogP contribution < -0.4 is 24.2 Å². The molecular weight excluding hydrogens is 436 g/mol. The van der Waals surface area contributed by atoms with Gasteiger partial charge in [-0.3, -0.25) is 4.79 Å². The van der Waals surface area contributed by atoms with Crippen molar-refractivity contribution in [2.24, 2.45) is 7.05 Å². The maximum atomic E-state index is 13.3. The zero-order valence-corrected chi connectivity index (χ0v) is 18.5. The maximum Gasteiger partial charge on any atom is 0.262 e. The van der Waals surface area contributed by atoms with Gasteiger partial charge in [-0.2, -0.15) is 4.72 Å². The smallest absolute Gasteiger partial charge is 0.262 e.